The van der Waals surface area contributed by atoms with E-state index in [1.807, 2.05) is 0 Å². The number of aromatic nitrogens is 1. The molecule has 3 N–H and O–H groups in total. The van der Waals surface area contributed by atoms with E-state index in [1.165, 1.54) is 13.2 Å². The third-order valence-corrected chi connectivity index (χ3v) is 1.52. The molecular weight excluding hydrogens is 184 g/mol. The first-order valence-corrected chi connectivity index (χ1v) is 3.85. The van der Waals surface area contributed by atoms with Crippen molar-refractivity contribution >= 4 is 17.7 Å². The Morgan fingerprint density at radius 3 is 2.93 bits per heavy atom. The molecule has 0 fully saturated rings. The summed E-state index contributed by atoms with van der Waals surface area (Å²) in [6.45, 7) is 0. The van der Waals surface area contributed by atoms with Gasteiger partial charge in [0.25, 0.3) is 0 Å². The number of carbonyl (C=O) groups is 1. The monoisotopic (exact) mass is 194 g/mol. The lowest BCUT2D eigenvalue weighted by molar-refractivity contribution is -0.131. The Hall–Kier alpha value is -2.04. The van der Waals surface area contributed by atoms with Gasteiger partial charge in [-0.3, -0.25) is 0 Å². The SMILES string of the molecule is COc1ccc(N)c(C=CC(=O)O)n1. The van der Waals surface area contributed by atoms with E-state index < -0.39 is 5.97 Å². The molecular formula is C9H10N2O3. The maximum atomic E-state index is 10.3. The van der Waals surface area contributed by atoms with Gasteiger partial charge in [-0.25, -0.2) is 9.78 Å². The highest BCUT2D eigenvalue weighted by atomic mass is 16.5. The number of pyridine rings is 1. The Kier molecular flexibility index (Phi) is 3.06. The Bertz CT molecular complexity index is 374. The lowest BCUT2D eigenvalue weighted by Crippen LogP contribution is -1.96. The molecule has 14 heavy (non-hydrogen) atoms. The first kappa shape index (κ1) is 10.0. The summed E-state index contributed by atoms with van der Waals surface area (Å²) in [7, 11) is 1.48. The molecule has 0 atom stereocenters. The highest BCUT2D eigenvalue weighted by Crippen LogP contribution is 2.15. The van der Waals surface area contributed by atoms with Crippen molar-refractivity contribution in [2.24, 2.45) is 0 Å². The number of carboxylic acids is 1. The third kappa shape index (κ3) is 2.48. The Labute approximate surface area is 80.8 Å². The molecule has 0 aliphatic rings. The largest absolute Gasteiger partial charge is 0.481 e. The molecule has 74 valence electrons. The minimum atomic E-state index is -1.05. The molecule has 0 bridgehead atoms. The molecule has 0 saturated carbocycles. The van der Waals surface area contributed by atoms with E-state index >= 15 is 0 Å². The number of hydrogen-bond donors (Lipinski definition) is 2. The topological polar surface area (TPSA) is 85.4 Å². The Balaban J connectivity index is 3.00. The van der Waals surface area contributed by atoms with Crippen LogP contribution in [0.1, 0.15) is 5.69 Å². The van der Waals surface area contributed by atoms with Crippen molar-refractivity contribution in [3.63, 3.8) is 0 Å². The summed E-state index contributed by atoms with van der Waals surface area (Å²) in [5, 5.41) is 8.41. The second-order valence-corrected chi connectivity index (χ2v) is 2.50. The summed E-state index contributed by atoms with van der Waals surface area (Å²) in [5.74, 6) is -0.654. The normalized spacial score (nSPS) is 10.4. The lowest BCUT2D eigenvalue weighted by atomic mass is 10.3. The van der Waals surface area contributed by atoms with E-state index in [0.717, 1.165) is 6.08 Å². The summed E-state index contributed by atoms with van der Waals surface area (Å²) < 4.78 is 4.87. The zero-order valence-electron chi connectivity index (χ0n) is 7.60. The molecule has 1 aromatic heterocycles. The van der Waals surface area contributed by atoms with Crippen LogP contribution < -0.4 is 10.5 Å². The van der Waals surface area contributed by atoms with Gasteiger partial charge in [0.15, 0.2) is 0 Å². The van der Waals surface area contributed by atoms with Crippen LogP contribution in [0.15, 0.2) is 18.2 Å². The van der Waals surface area contributed by atoms with Crippen LogP contribution >= 0.6 is 0 Å². The number of ether oxygens (including phenoxy) is 1. The molecule has 0 amide bonds. The molecule has 0 aliphatic carbocycles. The molecule has 5 nitrogen and oxygen atoms in total. The number of methoxy groups -OCH3 is 1. The molecule has 0 spiro atoms. The third-order valence-electron chi connectivity index (χ3n) is 1.52. The minimum absolute atomic E-state index is 0.381. The second kappa shape index (κ2) is 4.27. The van der Waals surface area contributed by atoms with Crippen LogP contribution in [0.3, 0.4) is 0 Å². The van der Waals surface area contributed by atoms with Crippen LogP contribution in [0.2, 0.25) is 0 Å². The highest BCUT2D eigenvalue weighted by Gasteiger charge is 2.00. The molecule has 5 heteroatoms. The zero-order valence-corrected chi connectivity index (χ0v) is 7.60. The van der Waals surface area contributed by atoms with Crippen LogP contribution in [-0.4, -0.2) is 23.2 Å². The average Bonchev–Trinajstić information content (AvgIpc) is 2.16. The summed E-state index contributed by atoms with van der Waals surface area (Å²) in [5.41, 5.74) is 6.36. The molecule has 1 heterocycles. The van der Waals surface area contributed by atoms with Crippen molar-refractivity contribution in [1.82, 2.24) is 4.98 Å². The number of rotatable bonds is 3. The number of nitrogens with zero attached hydrogens (tertiary/aromatic N) is 1. The van der Waals surface area contributed by atoms with Crippen LogP contribution in [0.4, 0.5) is 5.69 Å². The zero-order chi connectivity index (χ0) is 10.6. The van der Waals surface area contributed by atoms with Crippen LogP contribution in [0, 0.1) is 0 Å². The summed E-state index contributed by atoms with van der Waals surface area (Å²) in [6, 6.07) is 3.21. The van der Waals surface area contributed by atoms with Crippen molar-refractivity contribution < 1.29 is 14.6 Å². The number of hydrogen-bond acceptors (Lipinski definition) is 4. The number of nitrogen functional groups attached to an aromatic ring is 1. The lowest BCUT2D eigenvalue weighted by Gasteiger charge is -2.02. The summed E-state index contributed by atoms with van der Waals surface area (Å²) in [4.78, 5) is 14.2. The molecule has 0 radical (unpaired) electrons. The molecule has 0 saturated heterocycles. The van der Waals surface area contributed by atoms with E-state index in [1.54, 1.807) is 12.1 Å². The number of nitrogens with two attached hydrogens (primary N) is 1. The highest BCUT2D eigenvalue weighted by molar-refractivity contribution is 5.86. The number of carboxylic acid groups (broad SMARTS) is 1. The van der Waals surface area contributed by atoms with Gasteiger partial charge in [-0.15, -0.1) is 0 Å². The standard InChI is InChI=1S/C9H10N2O3/c1-14-8-4-2-6(10)7(11-8)3-5-9(12)13/h2-5H,10H2,1H3,(H,12,13). The van der Waals surface area contributed by atoms with Crippen molar-refractivity contribution in [2.45, 2.75) is 0 Å². The molecule has 1 rings (SSSR count). The Morgan fingerprint density at radius 2 is 2.36 bits per heavy atom. The fourth-order valence-corrected chi connectivity index (χ4v) is 0.864. The van der Waals surface area contributed by atoms with Crippen LogP contribution in [0.5, 0.6) is 5.88 Å². The number of aliphatic carboxylic acids is 1. The predicted octanol–water partition coefficient (Wildman–Crippen LogP) is 0.770. The van der Waals surface area contributed by atoms with Gasteiger partial charge < -0.3 is 15.6 Å². The van der Waals surface area contributed by atoms with Gasteiger partial charge in [-0.1, -0.05) is 0 Å². The van der Waals surface area contributed by atoms with E-state index in [0.29, 0.717) is 17.3 Å². The molecule has 0 aliphatic heterocycles. The van der Waals surface area contributed by atoms with Crippen molar-refractivity contribution in [3.8, 4) is 5.88 Å². The van der Waals surface area contributed by atoms with Crippen molar-refractivity contribution in [3.05, 3.63) is 23.9 Å². The van der Waals surface area contributed by atoms with Gasteiger partial charge in [0.2, 0.25) is 5.88 Å². The number of anilines is 1. The summed E-state index contributed by atoms with van der Waals surface area (Å²) in [6.07, 6.45) is 2.29. The Morgan fingerprint density at radius 1 is 1.64 bits per heavy atom. The van der Waals surface area contributed by atoms with Gasteiger partial charge in [0, 0.05) is 12.1 Å². The first-order chi connectivity index (χ1) is 6.63. The summed E-state index contributed by atoms with van der Waals surface area (Å²) >= 11 is 0. The van der Waals surface area contributed by atoms with Crippen molar-refractivity contribution in [1.29, 1.82) is 0 Å². The van der Waals surface area contributed by atoms with Gasteiger partial charge in [0.1, 0.15) is 0 Å². The van der Waals surface area contributed by atoms with Gasteiger partial charge in [-0.05, 0) is 12.1 Å². The maximum absolute atomic E-state index is 10.3. The molecule has 0 aromatic carbocycles. The van der Waals surface area contributed by atoms with Crippen LogP contribution in [0.25, 0.3) is 6.08 Å². The van der Waals surface area contributed by atoms with Gasteiger partial charge in [0.05, 0.1) is 18.5 Å². The average molecular weight is 194 g/mol. The maximum Gasteiger partial charge on any atom is 0.328 e. The smallest absolute Gasteiger partial charge is 0.328 e. The van der Waals surface area contributed by atoms with E-state index in [2.05, 4.69) is 4.98 Å². The van der Waals surface area contributed by atoms with E-state index in [-0.39, 0.29) is 0 Å². The second-order valence-electron chi connectivity index (χ2n) is 2.50. The predicted molar refractivity (Wildman–Crippen MR) is 51.9 cm³/mol. The van der Waals surface area contributed by atoms with Gasteiger partial charge in [-0.2, -0.15) is 0 Å². The van der Waals surface area contributed by atoms with Crippen molar-refractivity contribution in [2.75, 3.05) is 12.8 Å². The fourth-order valence-electron chi connectivity index (χ4n) is 0.864. The molecule has 0 unspecified atom stereocenters. The first-order valence-electron chi connectivity index (χ1n) is 3.85. The minimum Gasteiger partial charge on any atom is -0.481 e. The van der Waals surface area contributed by atoms with Crippen LogP contribution in [-0.2, 0) is 4.79 Å². The quantitative estimate of drug-likeness (QED) is 0.694. The molecule has 1 aromatic rings. The fraction of sp³-hybridized carbons (Fsp3) is 0.111. The van der Waals surface area contributed by atoms with Gasteiger partial charge >= 0.3 is 5.97 Å². The van der Waals surface area contributed by atoms with E-state index in [9.17, 15) is 4.79 Å². The van der Waals surface area contributed by atoms with E-state index in [4.69, 9.17) is 15.6 Å².